The van der Waals surface area contributed by atoms with E-state index in [9.17, 15) is 26.1 Å². The molecule has 0 N–H and O–H groups in total. The second kappa shape index (κ2) is 8.85. The number of halogens is 3. The van der Waals surface area contributed by atoms with Gasteiger partial charge in [0.1, 0.15) is 10.1 Å². The number of aryl methyl sites for hydroxylation is 2. The monoisotopic (exact) mass is 365 g/mol. The molecular weight excluding hydrogens is 341 g/mol. The molecule has 1 rings (SSSR count). The van der Waals surface area contributed by atoms with Crippen molar-refractivity contribution in [1.29, 1.82) is 0 Å². The van der Waals surface area contributed by atoms with E-state index in [4.69, 9.17) is 0 Å². The van der Waals surface area contributed by atoms with Gasteiger partial charge < -0.3 is 4.55 Å². The highest BCUT2D eigenvalue weighted by Crippen LogP contribution is 2.34. The third-order valence-corrected chi connectivity index (χ3v) is 5.05. The molecule has 0 aliphatic heterocycles. The first-order valence-corrected chi connectivity index (χ1v) is 9.58. The first kappa shape index (κ1) is 21.0. The van der Waals surface area contributed by atoms with E-state index in [1.54, 1.807) is 6.92 Å². The lowest BCUT2D eigenvalue weighted by molar-refractivity contribution is -0.178. The molecule has 0 radical (unpaired) electrons. The van der Waals surface area contributed by atoms with E-state index in [1.807, 2.05) is 6.92 Å². The fourth-order valence-corrected chi connectivity index (χ4v) is 3.48. The van der Waals surface area contributed by atoms with E-state index >= 15 is 0 Å². The first-order valence-electron chi connectivity index (χ1n) is 8.17. The minimum atomic E-state index is -4.69. The van der Waals surface area contributed by atoms with Gasteiger partial charge in [0.15, 0.2) is 0 Å². The zero-order valence-electron chi connectivity index (χ0n) is 14.0. The van der Waals surface area contributed by atoms with E-state index in [-0.39, 0.29) is 24.8 Å². The van der Waals surface area contributed by atoms with Crippen molar-refractivity contribution in [3.05, 3.63) is 29.3 Å². The molecule has 0 saturated heterocycles. The number of hydrogen-bond donors (Lipinski definition) is 0. The summed E-state index contributed by atoms with van der Waals surface area (Å²) in [5.41, 5.74) is 0.886. The summed E-state index contributed by atoms with van der Waals surface area (Å²) in [7, 11) is -4.69. The zero-order chi connectivity index (χ0) is 18.4. The third-order valence-electron chi connectivity index (χ3n) is 4.12. The Hall–Kier alpha value is -1.08. The van der Waals surface area contributed by atoms with E-state index < -0.39 is 27.1 Å². The van der Waals surface area contributed by atoms with Crippen LogP contribution in [0.5, 0.6) is 0 Å². The maximum absolute atomic E-state index is 13.2. The average Bonchev–Trinajstić information content (AvgIpc) is 2.43. The maximum atomic E-state index is 13.2. The lowest BCUT2D eigenvalue weighted by Crippen LogP contribution is -2.23. The van der Waals surface area contributed by atoms with Crippen LogP contribution in [0.4, 0.5) is 13.2 Å². The lowest BCUT2D eigenvalue weighted by Gasteiger charge is -2.21. The summed E-state index contributed by atoms with van der Waals surface area (Å²) in [6.45, 7) is 3.70. The van der Waals surface area contributed by atoms with Gasteiger partial charge in [-0.15, -0.1) is 0 Å². The van der Waals surface area contributed by atoms with Crippen LogP contribution in [-0.4, -0.2) is 19.1 Å². The molecule has 0 aliphatic rings. The Morgan fingerprint density at radius 1 is 1.12 bits per heavy atom. The Labute approximate surface area is 142 Å². The Bertz CT molecular complexity index is 624. The van der Waals surface area contributed by atoms with Crippen molar-refractivity contribution in [3.8, 4) is 0 Å². The van der Waals surface area contributed by atoms with Gasteiger partial charge in [-0.25, -0.2) is 8.42 Å². The van der Waals surface area contributed by atoms with E-state index in [0.717, 1.165) is 19.3 Å². The molecule has 0 aromatic heterocycles. The fraction of sp³-hybridized carbons (Fsp3) is 0.647. The van der Waals surface area contributed by atoms with Crippen molar-refractivity contribution in [2.45, 2.75) is 69.9 Å². The summed E-state index contributed by atoms with van der Waals surface area (Å²) >= 11 is 0. The standard InChI is InChI=1S/C17H25F3O3S/c1-3-4-5-6-7-15(17(18,19)20)10-9-14-12-13(2)8-11-16(14)24(21,22)23/h8,11-12,15H,3-7,9-10H2,1-2H3,(H,21,22,23)/p-1. The summed E-state index contributed by atoms with van der Waals surface area (Å²) in [6.07, 6.45) is -1.45. The smallest absolute Gasteiger partial charge is 0.391 e. The minimum Gasteiger partial charge on any atom is -0.744 e. The average molecular weight is 365 g/mol. The highest BCUT2D eigenvalue weighted by atomic mass is 32.2. The predicted octanol–water partition coefficient (Wildman–Crippen LogP) is 4.98. The van der Waals surface area contributed by atoms with Gasteiger partial charge in [-0.3, -0.25) is 0 Å². The Balaban J connectivity index is 2.85. The number of hydrogen-bond acceptors (Lipinski definition) is 3. The molecule has 0 heterocycles. The van der Waals surface area contributed by atoms with Crippen molar-refractivity contribution in [2.75, 3.05) is 0 Å². The van der Waals surface area contributed by atoms with Crippen LogP contribution in [0.15, 0.2) is 23.1 Å². The molecule has 0 aliphatic carbocycles. The second-order valence-electron chi connectivity index (χ2n) is 6.19. The molecule has 0 spiro atoms. The molecule has 1 aromatic rings. The molecule has 1 aromatic carbocycles. The van der Waals surface area contributed by atoms with Gasteiger partial charge in [-0.2, -0.15) is 13.2 Å². The third kappa shape index (κ3) is 6.81. The van der Waals surface area contributed by atoms with Gasteiger partial charge in [0.2, 0.25) is 0 Å². The van der Waals surface area contributed by atoms with Crippen LogP contribution >= 0.6 is 0 Å². The fourth-order valence-electron chi connectivity index (χ4n) is 2.77. The van der Waals surface area contributed by atoms with Crippen LogP contribution in [0.3, 0.4) is 0 Å². The Morgan fingerprint density at radius 3 is 2.33 bits per heavy atom. The molecule has 1 unspecified atom stereocenters. The molecule has 0 bridgehead atoms. The Kier molecular flexibility index (Phi) is 7.73. The summed E-state index contributed by atoms with van der Waals surface area (Å²) in [5.74, 6) is -1.47. The summed E-state index contributed by atoms with van der Waals surface area (Å²) in [4.78, 5) is -0.417. The van der Waals surface area contributed by atoms with Crippen LogP contribution < -0.4 is 0 Å². The molecule has 7 heteroatoms. The largest absolute Gasteiger partial charge is 0.744 e. The maximum Gasteiger partial charge on any atom is 0.391 e. The van der Waals surface area contributed by atoms with E-state index in [0.29, 0.717) is 12.0 Å². The van der Waals surface area contributed by atoms with Gasteiger partial charge in [0, 0.05) is 0 Å². The number of unbranched alkanes of at least 4 members (excludes halogenated alkanes) is 3. The van der Waals surface area contributed by atoms with Gasteiger partial charge >= 0.3 is 6.18 Å². The molecule has 24 heavy (non-hydrogen) atoms. The van der Waals surface area contributed by atoms with Gasteiger partial charge in [-0.05, 0) is 37.8 Å². The van der Waals surface area contributed by atoms with Crippen molar-refractivity contribution in [3.63, 3.8) is 0 Å². The number of benzene rings is 1. The highest BCUT2D eigenvalue weighted by molar-refractivity contribution is 7.85. The molecule has 3 nitrogen and oxygen atoms in total. The van der Waals surface area contributed by atoms with Crippen molar-refractivity contribution in [1.82, 2.24) is 0 Å². The first-order chi connectivity index (χ1) is 11.1. The van der Waals surface area contributed by atoms with Crippen LogP contribution in [0.25, 0.3) is 0 Å². The Morgan fingerprint density at radius 2 is 1.79 bits per heavy atom. The van der Waals surface area contributed by atoms with Crippen LogP contribution in [0, 0.1) is 12.8 Å². The second-order valence-corrected chi connectivity index (χ2v) is 7.54. The van der Waals surface area contributed by atoms with Crippen molar-refractivity contribution >= 4 is 10.1 Å². The molecule has 0 saturated carbocycles. The topological polar surface area (TPSA) is 57.2 Å². The molecule has 138 valence electrons. The quantitative estimate of drug-likeness (QED) is 0.458. The van der Waals surface area contributed by atoms with Gasteiger partial charge in [-0.1, -0.05) is 50.3 Å². The molecular formula is C17H24F3O3S-. The summed E-state index contributed by atoms with van der Waals surface area (Å²) < 4.78 is 73.3. The highest BCUT2D eigenvalue weighted by Gasteiger charge is 2.38. The van der Waals surface area contributed by atoms with Crippen LogP contribution in [-0.2, 0) is 16.5 Å². The van der Waals surface area contributed by atoms with Crippen molar-refractivity contribution < 1.29 is 26.1 Å². The van der Waals surface area contributed by atoms with Crippen molar-refractivity contribution in [2.24, 2.45) is 5.92 Å². The zero-order valence-corrected chi connectivity index (χ0v) is 14.8. The van der Waals surface area contributed by atoms with Gasteiger partial charge in [0.05, 0.1) is 10.8 Å². The molecule has 0 amide bonds. The lowest BCUT2D eigenvalue weighted by atomic mass is 9.93. The number of alkyl halides is 3. The van der Waals surface area contributed by atoms with E-state index in [2.05, 4.69) is 0 Å². The molecule has 0 fully saturated rings. The predicted molar refractivity (Wildman–Crippen MR) is 85.8 cm³/mol. The SMILES string of the molecule is CCCCCCC(CCc1cc(C)ccc1S(=O)(=O)[O-])C(F)(F)F. The minimum absolute atomic E-state index is 0.0365. The normalized spacial score (nSPS) is 13.9. The number of rotatable bonds is 9. The molecule has 1 atom stereocenters. The van der Waals surface area contributed by atoms with Gasteiger partial charge in [0.25, 0.3) is 0 Å². The summed E-state index contributed by atoms with van der Waals surface area (Å²) in [5, 5.41) is 0. The van der Waals surface area contributed by atoms with E-state index in [1.165, 1.54) is 18.2 Å². The summed E-state index contributed by atoms with van der Waals surface area (Å²) in [6, 6.07) is 4.13. The van der Waals surface area contributed by atoms with Crippen LogP contribution in [0.2, 0.25) is 0 Å². The van der Waals surface area contributed by atoms with Crippen LogP contribution in [0.1, 0.15) is 56.6 Å².